The van der Waals surface area contributed by atoms with Gasteiger partial charge in [-0.05, 0) is 24.1 Å². The summed E-state index contributed by atoms with van der Waals surface area (Å²) in [4.78, 5) is 0. The van der Waals surface area contributed by atoms with Gasteiger partial charge < -0.3 is 4.74 Å². The highest BCUT2D eigenvalue weighted by Gasteiger charge is 2.23. The van der Waals surface area contributed by atoms with Gasteiger partial charge in [0, 0.05) is 19.6 Å². The molecular formula is C12H17FN2O3S. The molecule has 1 heterocycles. The van der Waals surface area contributed by atoms with Crippen molar-refractivity contribution in [1.29, 1.82) is 0 Å². The number of hydrogen-bond donors (Lipinski definition) is 1. The van der Waals surface area contributed by atoms with E-state index in [2.05, 4.69) is 4.72 Å². The summed E-state index contributed by atoms with van der Waals surface area (Å²) in [6, 6.07) is 4.55. The van der Waals surface area contributed by atoms with E-state index in [1.54, 1.807) is 19.1 Å². The zero-order valence-corrected chi connectivity index (χ0v) is 11.5. The van der Waals surface area contributed by atoms with Gasteiger partial charge in [-0.25, -0.2) is 4.39 Å². The molecule has 106 valence electrons. The van der Waals surface area contributed by atoms with E-state index in [-0.39, 0.29) is 12.4 Å². The van der Waals surface area contributed by atoms with Gasteiger partial charge in [0.25, 0.3) is 10.2 Å². The Morgan fingerprint density at radius 1 is 1.37 bits per heavy atom. The van der Waals surface area contributed by atoms with Gasteiger partial charge >= 0.3 is 0 Å². The van der Waals surface area contributed by atoms with Gasteiger partial charge in [-0.15, -0.1) is 0 Å². The Hall–Kier alpha value is -1.02. The first-order chi connectivity index (χ1) is 8.99. The number of ether oxygens (including phenoxy) is 1. The van der Waals surface area contributed by atoms with Gasteiger partial charge in [-0.3, -0.25) is 0 Å². The minimum atomic E-state index is -3.49. The molecule has 2 rings (SSSR count). The van der Waals surface area contributed by atoms with Crippen molar-refractivity contribution in [3.8, 4) is 0 Å². The first kappa shape index (κ1) is 14.4. The SMILES string of the molecule is Cc1cc(CNS(=O)(=O)N2CCOCC2)ccc1F. The third-order valence-corrected chi connectivity index (χ3v) is 4.55. The fraction of sp³-hybridized carbons (Fsp3) is 0.500. The van der Waals surface area contributed by atoms with E-state index < -0.39 is 10.2 Å². The van der Waals surface area contributed by atoms with Crippen LogP contribution >= 0.6 is 0 Å². The van der Waals surface area contributed by atoms with E-state index in [1.165, 1.54) is 10.4 Å². The molecule has 1 N–H and O–H groups in total. The summed E-state index contributed by atoms with van der Waals surface area (Å²) < 4.78 is 46.1. The van der Waals surface area contributed by atoms with E-state index in [1.807, 2.05) is 0 Å². The fourth-order valence-electron chi connectivity index (χ4n) is 1.87. The summed E-state index contributed by atoms with van der Waals surface area (Å²) in [6.07, 6.45) is 0. The molecular weight excluding hydrogens is 271 g/mol. The minimum Gasteiger partial charge on any atom is -0.379 e. The molecule has 1 aliphatic rings. The van der Waals surface area contributed by atoms with Crippen molar-refractivity contribution >= 4 is 10.2 Å². The lowest BCUT2D eigenvalue weighted by Crippen LogP contribution is -2.46. The summed E-state index contributed by atoms with van der Waals surface area (Å²) in [6.45, 7) is 3.35. The molecule has 0 bridgehead atoms. The highest BCUT2D eigenvalue weighted by molar-refractivity contribution is 7.87. The summed E-state index contributed by atoms with van der Waals surface area (Å²) in [7, 11) is -3.49. The second-order valence-electron chi connectivity index (χ2n) is 4.42. The zero-order chi connectivity index (χ0) is 13.9. The molecule has 0 saturated carbocycles. The third kappa shape index (κ3) is 3.73. The number of rotatable bonds is 4. The molecule has 0 atom stereocenters. The molecule has 1 fully saturated rings. The topological polar surface area (TPSA) is 58.6 Å². The van der Waals surface area contributed by atoms with Gasteiger partial charge in [0.05, 0.1) is 13.2 Å². The van der Waals surface area contributed by atoms with Crippen LogP contribution < -0.4 is 4.72 Å². The number of nitrogens with zero attached hydrogens (tertiary/aromatic N) is 1. The third-order valence-electron chi connectivity index (χ3n) is 2.99. The molecule has 0 amide bonds. The van der Waals surface area contributed by atoms with Gasteiger partial charge in [-0.2, -0.15) is 17.4 Å². The lowest BCUT2D eigenvalue weighted by Gasteiger charge is -2.26. The Labute approximate surface area is 112 Å². The van der Waals surface area contributed by atoms with Gasteiger partial charge in [0.15, 0.2) is 0 Å². The second-order valence-corrected chi connectivity index (χ2v) is 6.18. The summed E-state index contributed by atoms with van der Waals surface area (Å²) in [5.74, 6) is -0.292. The number of halogens is 1. The van der Waals surface area contributed by atoms with Crippen molar-refractivity contribution < 1.29 is 17.5 Å². The van der Waals surface area contributed by atoms with Crippen LogP contribution in [0, 0.1) is 12.7 Å². The second kappa shape index (κ2) is 5.96. The molecule has 7 heteroatoms. The van der Waals surface area contributed by atoms with Crippen LogP contribution in [0.3, 0.4) is 0 Å². The first-order valence-electron chi connectivity index (χ1n) is 6.06. The summed E-state index contributed by atoms with van der Waals surface area (Å²) in [5.41, 5.74) is 1.24. The molecule has 0 radical (unpaired) electrons. The smallest absolute Gasteiger partial charge is 0.279 e. The normalized spacial score (nSPS) is 17.6. The molecule has 1 aromatic carbocycles. The van der Waals surface area contributed by atoms with Crippen molar-refractivity contribution in [3.05, 3.63) is 35.1 Å². The Balaban J connectivity index is 1.98. The predicted molar refractivity (Wildman–Crippen MR) is 69.3 cm³/mol. The van der Waals surface area contributed by atoms with E-state index in [0.717, 1.165) is 5.56 Å². The molecule has 1 aliphatic heterocycles. The molecule has 5 nitrogen and oxygen atoms in total. The maximum Gasteiger partial charge on any atom is 0.279 e. The highest BCUT2D eigenvalue weighted by atomic mass is 32.2. The monoisotopic (exact) mass is 288 g/mol. The van der Waals surface area contributed by atoms with Gasteiger partial charge in [0.2, 0.25) is 0 Å². The number of nitrogens with one attached hydrogen (secondary N) is 1. The lowest BCUT2D eigenvalue weighted by atomic mass is 10.1. The van der Waals surface area contributed by atoms with Crippen LogP contribution in [0.5, 0.6) is 0 Å². The molecule has 0 unspecified atom stereocenters. The Morgan fingerprint density at radius 3 is 2.68 bits per heavy atom. The Morgan fingerprint density at radius 2 is 2.05 bits per heavy atom. The molecule has 0 spiro atoms. The molecule has 19 heavy (non-hydrogen) atoms. The fourth-order valence-corrected chi connectivity index (χ4v) is 3.03. The van der Waals surface area contributed by atoms with Crippen LogP contribution in [0.2, 0.25) is 0 Å². The van der Waals surface area contributed by atoms with Crippen LogP contribution in [0.4, 0.5) is 4.39 Å². The van der Waals surface area contributed by atoms with E-state index in [9.17, 15) is 12.8 Å². The van der Waals surface area contributed by atoms with Gasteiger partial charge in [-0.1, -0.05) is 12.1 Å². The Bertz CT molecular complexity index is 542. The van der Waals surface area contributed by atoms with Crippen LogP contribution in [0.25, 0.3) is 0 Å². The van der Waals surface area contributed by atoms with Gasteiger partial charge in [0.1, 0.15) is 5.82 Å². The molecule has 0 aliphatic carbocycles. The molecule has 0 aromatic heterocycles. The van der Waals surface area contributed by atoms with Crippen LogP contribution in [-0.2, 0) is 21.5 Å². The average Bonchev–Trinajstić information content (AvgIpc) is 2.41. The largest absolute Gasteiger partial charge is 0.379 e. The molecule has 1 aromatic rings. The molecule has 1 saturated heterocycles. The number of morpholine rings is 1. The zero-order valence-electron chi connectivity index (χ0n) is 10.7. The maximum absolute atomic E-state index is 13.1. The van der Waals surface area contributed by atoms with Crippen molar-refractivity contribution in [2.45, 2.75) is 13.5 Å². The predicted octanol–water partition coefficient (Wildman–Crippen LogP) is 0.801. The number of aryl methyl sites for hydroxylation is 1. The van der Waals surface area contributed by atoms with E-state index in [0.29, 0.717) is 31.9 Å². The van der Waals surface area contributed by atoms with E-state index in [4.69, 9.17) is 4.74 Å². The van der Waals surface area contributed by atoms with Crippen molar-refractivity contribution in [3.63, 3.8) is 0 Å². The number of benzene rings is 1. The maximum atomic E-state index is 13.1. The summed E-state index contributed by atoms with van der Waals surface area (Å²) >= 11 is 0. The quantitative estimate of drug-likeness (QED) is 0.891. The van der Waals surface area contributed by atoms with Crippen molar-refractivity contribution in [2.24, 2.45) is 0 Å². The number of hydrogen-bond acceptors (Lipinski definition) is 3. The standard InChI is InChI=1S/C12H17FN2O3S/c1-10-8-11(2-3-12(10)13)9-14-19(16,17)15-4-6-18-7-5-15/h2-3,8,14H,4-7,9H2,1H3. The highest BCUT2D eigenvalue weighted by Crippen LogP contribution is 2.10. The minimum absolute atomic E-state index is 0.154. The lowest BCUT2D eigenvalue weighted by molar-refractivity contribution is 0.0725. The average molecular weight is 288 g/mol. The van der Waals surface area contributed by atoms with E-state index >= 15 is 0 Å². The van der Waals surface area contributed by atoms with Crippen LogP contribution in [0.15, 0.2) is 18.2 Å². The van der Waals surface area contributed by atoms with Crippen molar-refractivity contribution in [2.75, 3.05) is 26.3 Å². The first-order valence-corrected chi connectivity index (χ1v) is 7.50. The Kier molecular flexibility index (Phi) is 4.51. The summed E-state index contributed by atoms with van der Waals surface area (Å²) in [5, 5.41) is 0. The van der Waals surface area contributed by atoms with Crippen molar-refractivity contribution in [1.82, 2.24) is 9.03 Å². The van der Waals surface area contributed by atoms with Crippen LogP contribution in [-0.4, -0.2) is 39.0 Å². The van der Waals surface area contributed by atoms with Crippen LogP contribution in [0.1, 0.15) is 11.1 Å².